The molecule has 10 nitrogen and oxygen atoms in total. The van der Waals surface area contributed by atoms with Gasteiger partial charge in [0.1, 0.15) is 18.9 Å². The zero-order valence-electron chi connectivity index (χ0n) is 23.9. The van der Waals surface area contributed by atoms with Gasteiger partial charge in [-0.2, -0.15) is 18.7 Å². The van der Waals surface area contributed by atoms with Crippen LogP contribution in [0.25, 0.3) is 0 Å². The number of nitrogens with one attached hydrogen (secondary N) is 2. The highest BCUT2D eigenvalue weighted by atomic mass is 79.9. The van der Waals surface area contributed by atoms with Crippen molar-refractivity contribution in [1.82, 2.24) is 25.8 Å². The molecule has 3 atom stereocenters. The Morgan fingerprint density at radius 1 is 1.21 bits per heavy atom. The van der Waals surface area contributed by atoms with Gasteiger partial charge < -0.3 is 19.6 Å². The Morgan fingerprint density at radius 2 is 1.98 bits per heavy atom. The van der Waals surface area contributed by atoms with E-state index in [0.29, 0.717) is 44.5 Å². The number of benzene rings is 1. The summed E-state index contributed by atoms with van der Waals surface area (Å²) in [5.74, 6) is -1.34. The minimum atomic E-state index is -4.34. The van der Waals surface area contributed by atoms with E-state index in [9.17, 15) is 32.7 Å². The first kappa shape index (κ1) is 32.5. The number of carboxylic acids is 1. The molecular formula is C28H39BrF3N5O5. The molecule has 2 aliphatic heterocycles. The van der Waals surface area contributed by atoms with Crippen LogP contribution in [-0.4, -0.2) is 90.3 Å². The van der Waals surface area contributed by atoms with E-state index >= 15 is 0 Å². The SMILES string of the molecule is CN(CC(F)(F)F)NNCCOc1ccc(Br)c2c1[C@@H](CN1CCCC1=O)N(C(=O)[C@@H]1CCCC[C@]1(C)C(=O)O)CC2. The van der Waals surface area contributed by atoms with Crippen LogP contribution in [0.2, 0.25) is 0 Å². The van der Waals surface area contributed by atoms with Crippen molar-refractivity contribution in [2.45, 2.75) is 64.1 Å². The smallest absolute Gasteiger partial charge is 0.402 e. The molecule has 2 fully saturated rings. The highest BCUT2D eigenvalue weighted by Crippen LogP contribution is 2.46. The van der Waals surface area contributed by atoms with Crippen molar-refractivity contribution in [3.63, 3.8) is 0 Å². The molecule has 0 bridgehead atoms. The van der Waals surface area contributed by atoms with E-state index in [4.69, 9.17) is 4.74 Å². The zero-order valence-corrected chi connectivity index (χ0v) is 25.5. The average Bonchev–Trinajstić information content (AvgIpc) is 3.32. The molecule has 0 spiro atoms. The van der Waals surface area contributed by atoms with E-state index in [-0.39, 0.29) is 31.5 Å². The van der Waals surface area contributed by atoms with Crippen molar-refractivity contribution in [3.05, 3.63) is 27.7 Å². The number of hydrogen-bond donors (Lipinski definition) is 3. The van der Waals surface area contributed by atoms with Crippen LogP contribution in [0.4, 0.5) is 13.2 Å². The van der Waals surface area contributed by atoms with Crippen LogP contribution in [0.1, 0.15) is 62.6 Å². The lowest BCUT2D eigenvalue weighted by Crippen LogP contribution is -2.52. The fraction of sp³-hybridized carbons (Fsp3) is 0.679. The van der Waals surface area contributed by atoms with E-state index in [2.05, 4.69) is 26.9 Å². The lowest BCUT2D eigenvalue weighted by atomic mass is 9.66. The fourth-order valence-corrected chi connectivity index (χ4v) is 6.91. The third kappa shape index (κ3) is 7.37. The minimum absolute atomic E-state index is 0.0123. The molecule has 1 aliphatic carbocycles. The van der Waals surface area contributed by atoms with Crippen LogP contribution in [0.15, 0.2) is 16.6 Å². The molecule has 3 N–H and O–H groups in total. The summed E-state index contributed by atoms with van der Waals surface area (Å²) < 4.78 is 44.7. The number of halogens is 4. The lowest BCUT2D eigenvalue weighted by molar-refractivity contribution is -0.162. The number of fused-ring (bicyclic) bond motifs is 1. The Balaban J connectivity index is 1.58. The summed E-state index contributed by atoms with van der Waals surface area (Å²) in [7, 11) is 1.27. The molecular weight excluding hydrogens is 623 g/mol. The summed E-state index contributed by atoms with van der Waals surface area (Å²) in [4.78, 5) is 42.7. The molecule has 1 aromatic rings. The van der Waals surface area contributed by atoms with Gasteiger partial charge in [-0.1, -0.05) is 28.8 Å². The number of carboxylic acid groups (broad SMARTS) is 1. The summed E-state index contributed by atoms with van der Waals surface area (Å²) in [5.41, 5.74) is 5.71. The van der Waals surface area contributed by atoms with E-state index in [1.54, 1.807) is 22.8 Å². The number of carbonyl (C=O) groups excluding carboxylic acids is 2. The maximum Gasteiger partial charge on any atom is 0.402 e. The molecule has 1 aromatic carbocycles. The number of aliphatic carboxylic acids is 1. The number of alkyl halides is 3. The third-order valence-electron chi connectivity index (χ3n) is 8.59. The molecule has 1 saturated carbocycles. The summed E-state index contributed by atoms with van der Waals surface area (Å²) in [5, 5.41) is 11.0. The number of hydrogen-bond acceptors (Lipinski definition) is 7. The first-order valence-electron chi connectivity index (χ1n) is 14.3. The number of rotatable bonds is 11. The number of amides is 2. The lowest BCUT2D eigenvalue weighted by Gasteiger charge is -2.45. The summed E-state index contributed by atoms with van der Waals surface area (Å²) in [6.07, 6.45) is -0.209. The first-order valence-corrected chi connectivity index (χ1v) is 15.1. The predicted molar refractivity (Wildman–Crippen MR) is 151 cm³/mol. The Morgan fingerprint density at radius 3 is 2.64 bits per heavy atom. The molecule has 234 valence electrons. The third-order valence-corrected chi connectivity index (χ3v) is 9.33. The molecule has 0 aromatic heterocycles. The number of carbonyl (C=O) groups is 3. The normalized spacial score (nSPS) is 24.7. The van der Waals surface area contributed by atoms with Crippen molar-refractivity contribution < 1.29 is 37.4 Å². The van der Waals surface area contributed by atoms with Gasteiger partial charge in [-0.15, -0.1) is 0 Å². The highest BCUT2D eigenvalue weighted by molar-refractivity contribution is 9.10. The molecule has 4 rings (SSSR count). The van der Waals surface area contributed by atoms with E-state index in [1.807, 2.05) is 6.07 Å². The predicted octanol–water partition coefficient (Wildman–Crippen LogP) is 3.66. The van der Waals surface area contributed by atoms with Gasteiger partial charge in [-0.25, -0.2) is 10.4 Å². The van der Waals surface area contributed by atoms with Gasteiger partial charge in [0.25, 0.3) is 0 Å². The second-order valence-electron chi connectivity index (χ2n) is 11.6. The molecule has 0 radical (unpaired) electrons. The first-order chi connectivity index (χ1) is 19.8. The molecule has 2 amide bonds. The molecule has 3 aliphatic rings. The van der Waals surface area contributed by atoms with Crippen molar-refractivity contribution >= 4 is 33.7 Å². The minimum Gasteiger partial charge on any atom is -0.492 e. The summed E-state index contributed by atoms with van der Waals surface area (Å²) in [6.45, 7) is 2.05. The Labute approximate surface area is 252 Å². The van der Waals surface area contributed by atoms with E-state index < -0.39 is 36.1 Å². The van der Waals surface area contributed by atoms with Crippen molar-refractivity contribution in [2.24, 2.45) is 11.3 Å². The zero-order chi connectivity index (χ0) is 30.7. The maximum absolute atomic E-state index is 14.2. The fourth-order valence-electron chi connectivity index (χ4n) is 6.36. The molecule has 2 heterocycles. The topological polar surface area (TPSA) is 114 Å². The second-order valence-corrected chi connectivity index (χ2v) is 12.4. The van der Waals surface area contributed by atoms with Crippen LogP contribution in [0.5, 0.6) is 5.75 Å². The van der Waals surface area contributed by atoms with Crippen molar-refractivity contribution in [3.8, 4) is 5.75 Å². The van der Waals surface area contributed by atoms with Crippen molar-refractivity contribution in [1.29, 1.82) is 0 Å². The van der Waals surface area contributed by atoms with Gasteiger partial charge in [0, 0.05) is 49.7 Å². The van der Waals surface area contributed by atoms with Crippen LogP contribution < -0.4 is 15.7 Å². The van der Waals surface area contributed by atoms with Crippen LogP contribution in [-0.2, 0) is 20.8 Å². The van der Waals surface area contributed by atoms with Gasteiger partial charge in [0.15, 0.2) is 0 Å². The largest absolute Gasteiger partial charge is 0.492 e. The second kappa shape index (κ2) is 13.5. The van der Waals surface area contributed by atoms with E-state index in [0.717, 1.165) is 39.9 Å². The summed E-state index contributed by atoms with van der Waals surface area (Å²) in [6, 6.07) is 3.09. The monoisotopic (exact) mass is 661 g/mol. The Bertz CT molecular complexity index is 1170. The molecule has 14 heteroatoms. The van der Waals surface area contributed by atoms with Gasteiger partial charge in [-0.3, -0.25) is 14.4 Å². The summed E-state index contributed by atoms with van der Waals surface area (Å²) >= 11 is 3.63. The standard InChI is InChI=1S/C28H39BrF3N5O5/c1-27(26(40)41)11-4-3-6-19(27)25(39)37-14-10-18-20(29)8-9-22(24(18)21(37)16-36-13-5-7-23(36)38)42-15-12-33-34-35(2)17-28(30,31)32/h8-9,19,21,33-34H,3-7,10-17H2,1-2H3,(H,40,41)/t19-,21+,27-/m0/s1. The van der Waals surface area contributed by atoms with E-state index in [1.165, 1.54) is 7.05 Å². The van der Waals surface area contributed by atoms with Gasteiger partial charge in [0.2, 0.25) is 11.8 Å². The van der Waals surface area contributed by atoms with Gasteiger partial charge in [0.05, 0.1) is 17.4 Å². The highest BCUT2D eigenvalue weighted by Gasteiger charge is 2.50. The number of hydrazine groups is 2. The van der Waals surface area contributed by atoms with Crippen molar-refractivity contribution in [2.75, 3.05) is 46.4 Å². The molecule has 42 heavy (non-hydrogen) atoms. The van der Waals surface area contributed by atoms with Crippen LogP contribution in [0.3, 0.4) is 0 Å². The van der Waals surface area contributed by atoms with Crippen LogP contribution in [0, 0.1) is 11.3 Å². The number of ether oxygens (including phenoxy) is 1. The Kier molecular flexibility index (Phi) is 10.4. The quantitative estimate of drug-likeness (QED) is 0.243. The molecule has 1 saturated heterocycles. The maximum atomic E-state index is 14.2. The van der Waals surface area contributed by atoms with Gasteiger partial charge >= 0.3 is 12.1 Å². The Hall–Kier alpha value is -2.42. The average molecular weight is 663 g/mol. The number of likely N-dealkylation sites (tertiary alicyclic amines) is 1. The molecule has 0 unspecified atom stereocenters. The number of nitrogens with zero attached hydrogens (tertiary/aromatic N) is 3. The van der Waals surface area contributed by atoms with Gasteiger partial charge in [-0.05, 0) is 50.3 Å². The van der Waals surface area contributed by atoms with Crippen LogP contribution >= 0.6 is 15.9 Å².